The van der Waals surface area contributed by atoms with E-state index < -0.39 is 11.9 Å². The molecule has 10 heteroatoms. The van der Waals surface area contributed by atoms with Gasteiger partial charge in [0.15, 0.2) is 0 Å². The largest absolute Gasteiger partial charge is 0.497 e. The van der Waals surface area contributed by atoms with E-state index in [4.69, 9.17) is 9.26 Å². The number of ether oxygens (including phenoxy) is 1. The first kappa shape index (κ1) is 22.7. The molecule has 0 saturated heterocycles. The quantitative estimate of drug-likeness (QED) is 0.441. The topological polar surface area (TPSA) is 77.2 Å². The molecule has 3 rings (SSSR count). The molecule has 0 unspecified atom stereocenters. The Labute approximate surface area is 181 Å². The Morgan fingerprint density at radius 2 is 1.90 bits per heavy atom. The normalized spacial score (nSPS) is 11.4. The van der Waals surface area contributed by atoms with Crippen molar-refractivity contribution in [2.75, 3.05) is 18.2 Å². The number of nitrogens with one attached hydrogen (secondary N) is 1. The second-order valence-electron chi connectivity index (χ2n) is 6.54. The van der Waals surface area contributed by atoms with Crippen molar-refractivity contribution < 1.29 is 27.2 Å². The van der Waals surface area contributed by atoms with Gasteiger partial charge in [-0.1, -0.05) is 17.3 Å². The summed E-state index contributed by atoms with van der Waals surface area (Å²) in [5.74, 6) is 0.248. The van der Waals surface area contributed by atoms with Crippen LogP contribution in [0.25, 0.3) is 11.4 Å². The molecule has 0 atom stereocenters. The van der Waals surface area contributed by atoms with Crippen molar-refractivity contribution in [2.24, 2.45) is 0 Å². The van der Waals surface area contributed by atoms with Gasteiger partial charge in [0.1, 0.15) is 5.75 Å². The Kier molecular flexibility index (Phi) is 7.56. The van der Waals surface area contributed by atoms with Crippen LogP contribution in [0.3, 0.4) is 0 Å². The molecule has 0 bridgehead atoms. The van der Waals surface area contributed by atoms with Gasteiger partial charge in [0.05, 0.1) is 18.6 Å². The molecule has 1 heterocycles. The average Bonchev–Trinajstić information content (AvgIpc) is 3.21. The fourth-order valence-electron chi connectivity index (χ4n) is 2.68. The third-order valence-corrected chi connectivity index (χ3v) is 5.30. The van der Waals surface area contributed by atoms with Crippen LogP contribution < -0.4 is 10.1 Å². The Morgan fingerprint density at radius 3 is 2.61 bits per heavy atom. The van der Waals surface area contributed by atoms with Gasteiger partial charge in [-0.15, -0.1) is 11.8 Å². The summed E-state index contributed by atoms with van der Waals surface area (Å²) in [5, 5.41) is 6.61. The van der Waals surface area contributed by atoms with Gasteiger partial charge in [0.2, 0.25) is 17.6 Å². The first-order valence-corrected chi connectivity index (χ1v) is 10.4. The summed E-state index contributed by atoms with van der Waals surface area (Å²) >= 11 is 0.639. The highest BCUT2D eigenvalue weighted by Crippen LogP contribution is 2.32. The molecule has 0 saturated carbocycles. The fourth-order valence-corrected chi connectivity index (χ4v) is 3.45. The van der Waals surface area contributed by atoms with E-state index in [1.807, 2.05) is 12.1 Å². The van der Waals surface area contributed by atoms with E-state index in [9.17, 15) is 18.0 Å². The SMILES string of the molecule is COc1ccc(-c2noc(CCCC(=O)Nc3ccccc3SCC(F)(F)F)n2)cc1. The zero-order valence-electron chi connectivity index (χ0n) is 16.6. The first-order valence-electron chi connectivity index (χ1n) is 9.39. The number of alkyl halides is 3. The molecule has 0 radical (unpaired) electrons. The van der Waals surface area contributed by atoms with Crippen LogP contribution in [0.15, 0.2) is 57.9 Å². The maximum absolute atomic E-state index is 12.5. The van der Waals surface area contributed by atoms with Gasteiger partial charge in [-0.2, -0.15) is 18.2 Å². The third-order valence-electron chi connectivity index (χ3n) is 4.16. The Balaban J connectivity index is 1.49. The van der Waals surface area contributed by atoms with Crippen molar-refractivity contribution in [3.63, 3.8) is 0 Å². The predicted octanol–water partition coefficient (Wildman–Crippen LogP) is 5.36. The summed E-state index contributed by atoms with van der Waals surface area (Å²) in [6.45, 7) is 0. The summed E-state index contributed by atoms with van der Waals surface area (Å²) in [5.41, 5.74) is 1.14. The number of hydrogen-bond acceptors (Lipinski definition) is 6. The molecule has 1 aromatic heterocycles. The molecule has 0 fully saturated rings. The lowest BCUT2D eigenvalue weighted by Gasteiger charge is -2.11. The molecule has 1 N–H and O–H groups in total. The maximum atomic E-state index is 12.5. The Bertz CT molecular complexity index is 1010. The summed E-state index contributed by atoms with van der Waals surface area (Å²) in [7, 11) is 1.58. The lowest BCUT2D eigenvalue weighted by atomic mass is 10.2. The number of anilines is 1. The molecular formula is C21H20F3N3O3S. The molecule has 0 aliphatic heterocycles. The molecule has 1 amide bonds. The number of hydrogen-bond donors (Lipinski definition) is 1. The number of rotatable bonds is 9. The third kappa shape index (κ3) is 7.02. The van der Waals surface area contributed by atoms with Crippen molar-refractivity contribution in [3.8, 4) is 17.1 Å². The second kappa shape index (κ2) is 10.3. The molecule has 0 aliphatic carbocycles. The fraction of sp³-hybridized carbons (Fsp3) is 0.286. The predicted molar refractivity (Wildman–Crippen MR) is 111 cm³/mol. The van der Waals surface area contributed by atoms with Gasteiger partial charge in [-0.05, 0) is 42.8 Å². The number of carbonyl (C=O) groups excluding carboxylic acids is 1. The van der Waals surface area contributed by atoms with E-state index in [1.54, 1.807) is 43.5 Å². The number of halogens is 3. The Morgan fingerprint density at radius 1 is 1.16 bits per heavy atom. The van der Waals surface area contributed by atoms with E-state index in [-0.39, 0.29) is 12.3 Å². The number of benzene rings is 2. The second-order valence-corrected chi connectivity index (χ2v) is 7.56. The van der Waals surface area contributed by atoms with Gasteiger partial charge < -0.3 is 14.6 Å². The van der Waals surface area contributed by atoms with Crippen LogP contribution in [-0.4, -0.2) is 35.1 Å². The number of carbonyl (C=O) groups is 1. The lowest BCUT2D eigenvalue weighted by molar-refractivity contribution is -0.116. The van der Waals surface area contributed by atoms with E-state index >= 15 is 0 Å². The number of methoxy groups -OCH3 is 1. The monoisotopic (exact) mass is 451 g/mol. The van der Waals surface area contributed by atoms with Crippen molar-refractivity contribution in [1.82, 2.24) is 10.1 Å². The summed E-state index contributed by atoms with van der Waals surface area (Å²) < 4.78 is 47.8. The summed E-state index contributed by atoms with van der Waals surface area (Å²) in [6.07, 6.45) is -3.26. The number of amides is 1. The molecule has 3 aromatic rings. The van der Waals surface area contributed by atoms with E-state index in [0.717, 1.165) is 11.3 Å². The minimum atomic E-state index is -4.28. The van der Waals surface area contributed by atoms with Crippen LogP contribution in [0.1, 0.15) is 18.7 Å². The first-order chi connectivity index (χ1) is 14.8. The average molecular weight is 451 g/mol. The molecule has 0 aliphatic rings. The van der Waals surface area contributed by atoms with Crippen LogP contribution in [0.4, 0.5) is 18.9 Å². The number of thioether (sulfide) groups is 1. The van der Waals surface area contributed by atoms with Crippen LogP contribution in [-0.2, 0) is 11.2 Å². The molecule has 164 valence electrons. The standard InChI is InChI=1S/C21H20F3N3O3S/c1-29-15-11-9-14(10-12-15)20-26-19(30-27-20)8-4-7-18(28)25-16-5-2-3-6-17(16)31-13-21(22,23)24/h2-3,5-6,9-12H,4,7-8,13H2,1H3,(H,25,28). The van der Waals surface area contributed by atoms with Crippen LogP contribution in [0.2, 0.25) is 0 Å². The van der Waals surface area contributed by atoms with Gasteiger partial charge >= 0.3 is 6.18 Å². The summed E-state index contributed by atoms with van der Waals surface area (Å²) in [4.78, 5) is 16.9. The smallest absolute Gasteiger partial charge is 0.398 e. The minimum absolute atomic E-state index is 0.165. The van der Waals surface area contributed by atoms with Gasteiger partial charge in [0.25, 0.3) is 0 Å². The maximum Gasteiger partial charge on any atom is 0.398 e. The lowest BCUT2D eigenvalue weighted by Crippen LogP contribution is -2.13. The highest BCUT2D eigenvalue weighted by molar-refractivity contribution is 7.99. The highest BCUT2D eigenvalue weighted by atomic mass is 32.2. The number of nitrogens with zero attached hydrogens (tertiary/aromatic N) is 2. The number of para-hydroxylation sites is 1. The van der Waals surface area contributed by atoms with Gasteiger partial charge in [0, 0.05) is 23.3 Å². The minimum Gasteiger partial charge on any atom is -0.497 e. The zero-order chi connectivity index (χ0) is 22.3. The molecule has 0 spiro atoms. The zero-order valence-corrected chi connectivity index (χ0v) is 17.4. The molecular weight excluding hydrogens is 431 g/mol. The van der Waals surface area contributed by atoms with Crippen molar-refractivity contribution in [1.29, 1.82) is 0 Å². The van der Waals surface area contributed by atoms with E-state index in [1.165, 1.54) is 0 Å². The van der Waals surface area contributed by atoms with Gasteiger partial charge in [-0.3, -0.25) is 4.79 Å². The number of aryl methyl sites for hydroxylation is 1. The van der Waals surface area contributed by atoms with E-state index in [0.29, 0.717) is 46.9 Å². The van der Waals surface area contributed by atoms with E-state index in [2.05, 4.69) is 15.5 Å². The molecule has 2 aromatic carbocycles. The van der Waals surface area contributed by atoms with Crippen LogP contribution >= 0.6 is 11.8 Å². The summed E-state index contributed by atoms with van der Waals surface area (Å²) in [6, 6.07) is 13.6. The Hall–Kier alpha value is -3.01. The molecule has 31 heavy (non-hydrogen) atoms. The van der Waals surface area contributed by atoms with Crippen LogP contribution in [0, 0.1) is 0 Å². The highest BCUT2D eigenvalue weighted by Gasteiger charge is 2.27. The van der Waals surface area contributed by atoms with Crippen molar-refractivity contribution in [2.45, 2.75) is 30.3 Å². The molecule has 6 nitrogen and oxygen atoms in total. The van der Waals surface area contributed by atoms with Crippen molar-refractivity contribution in [3.05, 3.63) is 54.4 Å². The van der Waals surface area contributed by atoms with Gasteiger partial charge in [-0.25, -0.2) is 0 Å². The number of aromatic nitrogens is 2. The van der Waals surface area contributed by atoms with Crippen LogP contribution in [0.5, 0.6) is 5.75 Å². The van der Waals surface area contributed by atoms with Crippen molar-refractivity contribution >= 4 is 23.4 Å².